The van der Waals surface area contributed by atoms with E-state index in [-0.39, 0.29) is 28.5 Å². The molecule has 3 fully saturated rings. The predicted molar refractivity (Wildman–Crippen MR) is 82.6 cm³/mol. The van der Waals surface area contributed by atoms with Crippen molar-refractivity contribution < 1.29 is 13.2 Å². The molecule has 7 heteroatoms. The van der Waals surface area contributed by atoms with Gasteiger partial charge in [0, 0.05) is 18.1 Å². The van der Waals surface area contributed by atoms with Gasteiger partial charge in [0.25, 0.3) is 5.91 Å². The fourth-order valence-corrected chi connectivity index (χ4v) is 8.03. The van der Waals surface area contributed by atoms with E-state index in [1.165, 1.54) is 4.31 Å². The number of carbonyl (C=O) groups is 1. The van der Waals surface area contributed by atoms with Gasteiger partial charge in [0.05, 0.1) is 11.8 Å². The van der Waals surface area contributed by atoms with Crippen LogP contribution in [0, 0.1) is 16.7 Å². The first-order valence-electron chi connectivity index (χ1n) is 7.99. The fourth-order valence-electron chi connectivity index (χ4n) is 5.40. The molecule has 0 aromatic heterocycles. The summed E-state index contributed by atoms with van der Waals surface area (Å²) in [5.41, 5.74) is 1.60. The van der Waals surface area contributed by atoms with Crippen LogP contribution in [0.4, 0.5) is 0 Å². The van der Waals surface area contributed by atoms with Crippen molar-refractivity contribution in [2.75, 3.05) is 5.75 Å². The Bertz CT molecular complexity index is 676. The molecule has 4 rings (SSSR count). The summed E-state index contributed by atoms with van der Waals surface area (Å²) in [5.74, 6) is 0.302. The summed E-state index contributed by atoms with van der Waals surface area (Å²) in [6, 6.07) is -0.169. The SMILES string of the molecule is CC1(C)C2CC[C@]13CS(=O)(=O)N(C(=O)[C@@]1(C)CC=NN1)[C@@H]3C2. The second kappa shape index (κ2) is 3.86. The summed E-state index contributed by atoms with van der Waals surface area (Å²) in [7, 11) is -3.55. The second-order valence-electron chi connectivity index (χ2n) is 8.18. The van der Waals surface area contributed by atoms with Crippen molar-refractivity contribution in [3.63, 3.8) is 0 Å². The van der Waals surface area contributed by atoms with E-state index in [4.69, 9.17) is 0 Å². The van der Waals surface area contributed by atoms with E-state index in [0.29, 0.717) is 12.3 Å². The van der Waals surface area contributed by atoms with E-state index < -0.39 is 15.6 Å². The highest BCUT2D eigenvalue weighted by Gasteiger charge is 2.73. The monoisotopic (exact) mass is 325 g/mol. The van der Waals surface area contributed by atoms with Gasteiger partial charge in [0.2, 0.25) is 10.0 Å². The van der Waals surface area contributed by atoms with E-state index >= 15 is 0 Å². The molecular weight excluding hydrogens is 302 g/mol. The Kier molecular flexibility index (Phi) is 2.54. The van der Waals surface area contributed by atoms with Crippen LogP contribution in [0.1, 0.15) is 46.5 Å². The summed E-state index contributed by atoms with van der Waals surface area (Å²) in [5, 5.41) is 3.92. The molecule has 2 aliphatic carbocycles. The van der Waals surface area contributed by atoms with Gasteiger partial charge in [-0.05, 0) is 37.5 Å². The summed E-state index contributed by atoms with van der Waals surface area (Å²) in [6.07, 6.45) is 4.89. The lowest BCUT2D eigenvalue weighted by atomic mass is 9.69. The molecule has 4 atom stereocenters. The number of amides is 1. The maximum Gasteiger partial charge on any atom is 0.263 e. The Hall–Kier alpha value is -1.11. The number of carbonyl (C=O) groups excluding carboxylic acids is 1. The zero-order valence-corrected chi connectivity index (χ0v) is 14.1. The van der Waals surface area contributed by atoms with Crippen LogP contribution >= 0.6 is 0 Å². The maximum absolute atomic E-state index is 13.0. The van der Waals surface area contributed by atoms with Crippen LogP contribution in [0.25, 0.3) is 0 Å². The van der Waals surface area contributed by atoms with E-state index in [1.807, 2.05) is 0 Å². The van der Waals surface area contributed by atoms with Crippen molar-refractivity contribution in [2.45, 2.75) is 58.0 Å². The van der Waals surface area contributed by atoms with E-state index in [2.05, 4.69) is 24.4 Å². The van der Waals surface area contributed by atoms with Crippen molar-refractivity contribution in [1.29, 1.82) is 0 Å². The highest BCUT2D eigenvalue weighted by Crippen LogP contribution is 2.70. The predicted octanol–water partition coefficient (Wildman–Crippen LogP) is 1.09. The minimum absolute atomic E-state index is 0.0136. The Morgan fingerprint density at radius 2 is 2.09 bits per heavy atom. The zero-order chi connectivity index (χ0) is 16.0. The van der Waals surface area contributed by atoms with Gasteiger partial charge in [-0.25, -0.2) is 12.7 Å². The van der Waals surface area contributed by atoms with Crippen LogP contribution in [-0.2, 0) is 14.8 Å². The number of nitrogens with one attached hydrogen (secondary N) is 1. The molecule has 2 aliphatic heterocycles. The number of rotatable bonds is 1. The third-order valence-corrected chi connectivity index (χ3v) is 8.89. The lowest BCUT2D eigenvalue weighted by molar-refractivity contribution is -0.134. The molecule has 22 heavy (non-hydrogen) atoms. The normalized spacial score (nSPS) is 46.8. The molecule has 122 valence electrons. The average Bonchev–Trinajstić information content (AvgIpc) is 3.07. The molecule has 0 aromatic carbocycles. The summed E-state index contributed by atoms with van der Waals surface area (Å²) >= 11 is 0. The Labute approximate surface area is 131 Å². The largest absolute Gasteiger partial charge is 0.295 e. The van der Waals surface area contributed by atoms with Crippen LogP contribution < -0.4 is 5.43 Å². The van der Waals surface area contributed by atoms with Gasteiger partial charge in [0.15, 0.2) is 0 Å². The number of nitrogens with zero attached hydrogens (tertiary/aromatic N) is 2. The van der Waals surface area contributed by atoms with Crippen molar-refractivity contribution in [3.8, 4) is 0 Å². The quantitative estimate of drug-likeness (QED) is 0.783. The lowest BCUT2D eigenvalue weighted by Gasteiger charge is -2.38. The van der Waals surface area contributed by atoms with Crippen LogP contribution in [0.5, 0.6) is 0 Å². The first-order chi connectivity index (χ1) is 10.1. The first-order valence-corrected chi connectivity index (χ1v) is 9.60. The third kappa shape index (κ3) is 1.44. The van der Waals surface area contributed by atoms with E-state index in [1.54, 1.807) is 13.1 Å². The minimum atomic E-state index is -3.55. The van der Waals surface area contributed by atoms with Crippen molar-refractivity contribution in [1.82, 2.24) is 9.73 Å². The van der Waals surface area contributed by atoms with Crippen molar-refractivity contribution >= 4 is 22.1 Å². The number of hydrogen-bond acceptors (Lipinski definition) is 5. The van der Waals surface area contributed by atoms with Crippen LogP contribution in [0.3, 0.4) is 0 Å². The Balaban J connectivity index is 1.77. The molecule has 1 amide bonds. The Morgan fingerprint density at radius 3 is 2.68 bits per heavy atom. The standard InChI is InChI=1S/C15H23N3O3S/c1-13(2)10-4-5-15(13)9-22(20,21)18(11(15)8-10)12(19)14(3)6-7-16-17-14/h7,10-11,17H,4-6,8-9H2,1-3H3/t10?,11-,14-,15-/m1/s1. The van der Waals surface area contributed by atoms with Gasteiger partial charge < -0.3 is 0 Å². The van der Waals surface area contributed by atoms with Crippen LogP contribution in [0.2, 0.25) is 0 Å². The molecule has 2 heterocycles. The average molecular weight is 325 g/mol. The number of hydrazone groups is 1. The maximum atomic E-state index is 13.0. The molecule has 1 saturated heterocycles. The highest BCUT2D eigenvalue weighted by molar-refractivity contribution is 7.90. The second-order valence-corrected chi connectivity index (χ2v) is 10.0. The Morgan fingerprint density at radius 1 is 1.36 bits per heavy atom. The van der Waals surface area contributed by atoms with Crippen molar-refractivity contribution in [2.24, 2.45) is 21.8 Å². The number of sulfonamides is 1. The topological polar surface area (TPSA) is 78.8 Å². The number of fused-ring (bicyclic) bond motifs is 1. The third-order valence-electron chi connectivity index (χ3n) is 6.99. The molecule has 6 nitrogen and oxygen atoms in total. The van der Waals surface area contributed by atoms with Crippen LogP contribution in [-0.4, -0.2) is 42.2 Å². The molecule has 1 unspecified atom stereocenters. The molecule has 2 bridgehead atoms. The van der Waals surface area contributed by atoms with E-state index in [0.717, 1.165) is 19.3 Å². The summed E-state index contributed by atoms with van der Waals surface area (Å²) < 4.78 is 26.9. The summed E-state index contributed by atoms with van der Waals surface area (Å²) in [6.45, 7) is 6.11. The molecule has 0 aromatic rings. The molecular formula is C15H23N3O3S. The molecule has 1 spiro atoms. The van der Waals surface area contributed by atoms with Gasteiger partial charge >= 0.3 is 0 Å². The minimum Gasteiger partial charge on any atom is -0.295 e. The number of hydrogen-bond donors (Lipinski definition) is 1. The highest BCUT2D eigenvalue weighted by atomic mass is 32.2. The smallest absolute Gasteiger partial charge is 0.263 e. The van der Waals surface area contributed by atoms with Gasteiger partial charge in [-0.1, -0.05) is 13.8 Å². The lowest BCUT2D eigenvalue weighted by Crippen LogP contribution is -2.56. The van der Waals surface area contributed by atoms with Gasteiger partial charge in [-0.2, -0.15) is 5.10 Å². The molecule has 1 N–H and O–H groups in total. The fraction of sp³-hybridized carbons (Fsp3) is 0.867. The van der Waals surface area contributed by atoms with Gasteiger partial charge in [-0.3, -0.25) is 10.2 Å². The van der Waals surface area contributed by atoms with E-state index in [9.17, 15) is 13.2 Å². The van der Waals surface area contributed by atoms with Gasteiger partial charge in [-0.15, -0.1) is 0 Å². The molecule has 2 saturated carbocycles. The van der Waals surface area contributed by atoms with Crippen molar-refractivity contribution in [3.05, 3.63) is 0 Å². The summed E-state index contributed by atoms with van der Waals surface area (Å²) in [4.78, 5) is 13.0. The van der Waals surface area contributed by atoms with Gasteiger partial charge in [0.1, 0.15) is 5.54 Å². The molecule has 4 aliphatic rings. The molecule has 0 radical (unpaired) electrons. The van der Waals surface area contributed by atoms with Crippen LogP contribution in [0.15, 0.2) is 5.10 Å². The zero-order valence-electron chi connectivity index (χ0n) is 13.3. The first kappa shape index (κ1) is 14.5.